The summed E-state index contributed by atoms with van der Waals surface area (Å²) in [7, 11) is 0. The Morgan fingerprint density at radius 2 is 1.83 bits per heavy atom. The van der Waals surface area contributed by atoms with Crippen molar-refractivity contribution >= 4 is 28.9 Å². The van der Waals surface area contributed by atoms with E-state index in [1.165, 1.54) is 18.2 Å². The first-order valence-electron chi connectivity index (χ1n) is 8.92. The molecule has 0 saturated carbocycles. The van der Waals surface area contributed by atoms with Crippen LogP contribution in [0.4, 0.5) is 24.5 Å². The fourth-order valence-corrected chi connectivity index (χ4v) is 3.27. The van der Waals surface area contributed by atoms with E-state index in [4.69, 9.17) is 16.3 Å². The first kappa shape index (κ1) is 21.7. The van der Waals surface area contributed by atoms with Gasteiger partial charge in [0.2, 0.25) is 0 Å². The number of nitro groups is 1. The average molecular weight is 444 g/mol. The van der Waals surface area contributed by atoms with E-state index >= 15 is 0 Å². The van der Waals surface area contributed by atoms with Gasteiger partial charge >= 0.3 is 6.18 Å². The maximum absolute atomic E-state index is 12.9. The Hall–Kier alpha value is -3.01. The normalized spacial score (nSPS) is 14.5. The van der Waals surface area contributed by atoms with Crippen molar-refractivity contribution in [2.75, 3.05) is 37.7 Å². The number of hydrogen-bond donors (Lipinski definition) is 0. The van der Waals surface area contributed by atoms with Crippen molar-refractivity contribution in [3.63, 3.8) is 0 Å². The number of piperazine rings is 1. The Balaban J connectivity index is 1.54. The fourth-order valence-electron chi connectivity index (χ4n) is 3.04. The van der Waals surface area contributed by atoms with Crippen LogP contribution in [0.15, 0.2) is 42.5 Å². The molecule has 1 heterocycles. The molecule has 7 nitrogen and oxygen atoms in total. The Bertz CT molecular complexity index is 947. The topological polar surface area (TPSA) is 75.9 Å². The molecule has 0 aliphatic carbocycles. The molecule has 0 radical (unpaired) electrons. The molecule has 0 aromatic heterocycles. The Morgan fingerprint density at radius 3 is 2.43 bits per heavy atom. The quantitative estimate of drug-likeness (QED) is 0.516. The van der Waals surface area contributed by atoms with E-state index < -0.39 is 16.7 Å². The highest BCUT2D eigenvalue weighted by atomic mass is 35.5. The summed E-state index contributed by atoms with van der Waals surface area (Å²) in [5.41, 5.74) is -0.456. The number of nitrogens with zero attached hydrogens (tertiary/aromatic N) is 3. The first-order valence-corrected chi connectivity index (χ1v) is 9.29. The van der Waals surface area contributed by atoms with Gasteiger partial charge in [-0.3, -0.25) is 14.9 Å². The Kier molecular flexibility index (Phi) is 6.35. The molecule has 0 spiro atoms. The number of anilines is 1. The summed E-state index contributed by atoms with van der Waals surface area (Å²) in [6.45, 7) is 1.11. The molecule has 2 aromatic rings. The lowest BCUT2D eigenvalue weighted by Crippen LogP contribution is -2.50. The number of non-ortho nitro benzene ring substituents is 1. The summed E-state index contributed by atoms with van der Waals surface area (Å²) in [6.07, 6.45) is -4.41. The van der Waals surface area contributed by atoms with Crippen molar-refractivity contribution < 1.29 is 27.6 Å². The summed E-state index contributed by atoms with van der Waals surface area (Å²) < 4.78 is 44.0. The third-order valence-corrected chi connectivity index (χ3v) is 4.94. The van der Waals surface area contributed by atoms with Crippen LogP contribution in [-0.4, -0.2) is 48.5 Å². The Labute approximate surface area is 174 Å². The van der Waals surface area contributed by atoms with Crippen LogP contribution in [-0.2, 0) is 11.0 Å². The smallest absolute Gasteiger partial charge is 0.416 e. The van der Waals surface area contributed by atoms with Crippen LogP contribution >= 0.6 is 11.6 Å². The summed E-state index contributed by atoms with van der Waals surface area (Å²) >= 11 is 5.93. The van der Waals surface area contributed by atoms with E-state index in [1.54, 1.807) is 15.9 Å². The number of carbonyl (C=O) groups excluding carboxylic acids is 1. The van der Waals surface area contributed by atoms with Gasteiger partial charge in [0.15, 0.2) is 6.61 Å². The number of benzene rings is 2. The molecule has 1 amide bonds. The van der Waals surface area contributed by atoms with Crippen LogP contribution in [0, 0.1) is 10.1 Å². The lowest BCUT2D eigenvalue weighted by atomic mass is 10.1. The molecule has 1 aliphatic heterocycles. The third-order valence-electron chi connectivity index (χ3n) is 4.65. The molecule has 2 aromatic carbocycles. The van der Waals surface area contributed by atoms with Crippen molar-refractivity contribution in [2.45, 2.75) is 6.18 Å². The fraction of sp³-hybridized carbons (Fsp3) is 0.316. The summed E-state index contributed by atoms with van der Waals surface area (Å²) in [5.74, 6) is -0.161. The molecular weight excluding hydrogens is 427 g/mol. The van der Waals surface area contributed by atoms with Gasteiger partial charge in [0.05, 0.1) is 15.5 Å². The third kappa shape index (κ3) is 5.12. The number of alkyl halides is 3. The number of ether oxygens (including phenoxy) is 1. The molecule has 160 valence electrons. The lowest BCUT2D eigenvalue weighted by molar-refractivity contribution is -0.384. The van der Waals surface area contributed by atoms with Crippen LogP contribution < -0.4 is 9.64 Å². The highest BCUT2D eigenvalue weighted by Crippen LogP contribution is 2.32. The minimum absolute atomic E-state index is 0.0198. The van der Waals surface area contributed by atoms with Gasteiger partial charge in [-0.25, -0.2) is 0 Å². The molecule has 0 bridgehead atoms. The zero-order valence-electron chi connectivity index (χ0n) is 15.6. The zero-order chi connectivity index (χ0) is 21.9. The molecule has 11 heteroatoms. The summed E-state index contributed by atoms with van der Waals surface area (Å²) in [6, 6.07) is 8.75. The number of amides is 1. The van der Waals surface area contributed by atoms with Crippen molar-refractivity contribution in [1.29, 1.82) is 0 Å². The summed E-state index contributed by atoms with van der Waals surface area (Å²) in [4.78, 5) is 25.8. The van der Waals surface area contributed by atoms with Gasteiger partial charge in [0.1, 0.15) is 5.75 Å². The minimum Gasteiger partial charge on any atom is -0.482 e. The number of carbonyl (C=O) groups is 1. The van der Waals surface area contributed by atoms with Gasteiger partial charge in [0.25, 0.3) is 11.6 Å². The van der Waals surface area contributed by atoms with Crippen molar-refractivity contribution in [2.24, 2.45) is 0 Å². The minimum atomic E-state index is -4.41. The van der Waals surface area contributed by atoms with Crippen LogP contribution in [0.2, 0.25) is 5.02 Å². The van der Waals surface area contributed by atoms with E-state index in [2.05, 4.69) is 0 Å². The largest absolute Gasteiger partial charge is 0.482 e. The van der Waals surface area contributed by atoms with Crippen LogP contribution in [0.5, 0.6) is 5.75 Å². The van der Waals surface area contributed by atoms with Crippen molar-refractivity contribution in [1.82, 2.24) is 4.90 Å². The van der Waals surface area contributed by atoms with E-state index in [1.807, 2.05) is 0 Å². The standard InChI is InChI=1S/C19H17ClF3N3O4/c20-16-11-15(26(28)29)4-5-17(16)30-12-18(27)25-8-6-24(7-9-25)14-3-1-2-13(10-14)19(21,22)23/h1-5,10-11H,6-9,12H2. The highest BCUT2D eigenvalue weighted by Gasteiger charge is 2.31. The molecule has 3 rings (SSSR count). The second-order valence-corrected chi connectivity index (χ2v) is 6.98. The SMILES string of the molecule is O=C(COc1ccc([N+](=O)[O-])cc1Cl)N1CCN(c2cccc(C(F)(F)F)c2)CC1. The number of hydrogen-bond acceptors (Lipinski definition) is 5. The van der Waals surface area contributed by atoms with Gasteiger partial charge in [-0.05, 0) is 24.3 Å². The van der Waals surface area contributed by atoms with Crippen molar-refractivity contribution in [3.8, 4) is 5.75 Å². The monoisotopic (exact) mass is 443 g/mol. The maximum Gasteiger partial charge on any atom is 0.416 e. The van der Waals surface area contributed by atoms with E-state index in [0.29, 0.717) is 31.9 Å². The zero-order valence-corrected chi connectivity index (χ0v) is 16.3. The number of halogens is 4. The predicted molar refractivity (Wildman–Crippen MR) is 104 cm³/mol. The van der Waals surface area contributed by atoms with Gasteiger partial charge < -0.3 is 14.5 Å². The maximum atomic E-state index is 12.9. The number of rotatable bonds is 5. The average Bonchev–Trinajstić information content (AvgIpc) is 2.72. The molecule has 30 heavy (non-hydrogen) atoms. The van der Waals surface area contributed by atoms with E-state index in [-0.39, 0.29) is 29.0 Å². The molecule has 1 aliphatic rings. The lowest BCUT2D eigenvalue weighted by Gasteiger charge is -2.36. The van der Waals surface area contributed by atoms with Gasteiger partial charge in [-0.15, -0.1) is 0 Å². The van der Waals surface area contributed by atoms with Crippen molar-refractivity contribution in [3.05, 3.63) is 63.2 Å². The van der Waals surface area contributed by atoms with Crippen LogP contribution in [0.1, 0.15) is 5.56 Å². The number of nitro benzene ring substituents is 1. The molecule has 1 saturated heterocycles. The molecule has 0 N–H and O–H groups in total. The predicted octanol–water partition coefficient (Wildman–Crippen LogP) is 3.99. The first-order chi connectivity index (χ1) is 14.1. The van der Waals surface area contributed by atoms with Gasteiger partial charge in [0, 0.05) is 44.0 Å². The molecular formula is C19H17ClF3N3O4. The Morgan fingerprint density at radius 1 is 1.13 bits per heavy atom. The molecule has 0 atom stereocenters. The molecule has 1 fully saturated rings. The second-order valence-electron chi connectivity index (χ2n) is 6.58. The van der Waals surface area contributed by atoms with Crippen LogP contribution in [0.25, 0.3) is 0 Å². The van der Waals surface area contributed by atoms with Crippen LogP contribution in [0.3, 0.4) is 0 Å². The summed E-state index contributed by atoms with van der Waals surface area (Å²) in [5, 5.41) is 10.7. The van der Waals surface area contributed by atoms with E-state index in [9.17, 15) is 28.1 Å². The highest BCUT2D eigenvalue weighted by molar-refractivity contribution is 6.32. The van der Waals surface area contributed by atoms with Gasteiger partial charge in [-0.1, -0.05) is 17.7 Å². The molecule has 0 unspecified atom stereocenters. The van der Waals surface area contributed by atoms with Gasteiger partial charge in [-0.2, -0.15) is 13.2 Å². The second kappa shape index (κ2) is 8.78. The van der Waals surface area contributed by atoms with E-state index in [0.717, 1.165) is 18.2 Å².